The molecule has 0 amide bonds. The summed E-state index contributed by atoms with van der Waals surface area (Å²) in [6.45, 7) is 0.866. The van der Waals surface area contributed by atoms with E-state index in [0.717, 1.165) is 12.1 Å². The number of methoxy groups -OCH3 is 1. The van der Waals surface area contributed by atoms with Gasteiger partial charge in [-0.3, -0.25) is 0 Å². The third kappa shape index (κ3) is 3.89. The number of nitrogens with one attached hydrogen (secondary N) is 1. The van der Waals surface area contributed by atoms with Crippen LogP contribution in [0.3, 0.4) is 0 Å². The molecular formula is C11H12F3N3O. The maximum absolute atomic E-state index is 12.5. The average molecular weight is 259 g/mol. The molecule has 0 saturated heterocycles. The van der Waals surface area contributed by atoms with Gasteiger partial charge in [-0.1, -0.05) is 0 Å². The molecule has 0 saturated carbocycles. The molecule has 0 aliphatic rings. The molecule has 1 aromatic rings. The first kappa shape index (κ1) is 14.3. The third-order valence-electron chi connectivity index (χ3n) is 2.12. The van der Waals surface area contributed by atoms with Gasteiger partial charge in [0.1, 0.15) is 17.6 Å². The number of hydrogen-bond donors (Lipinski definition) is 1. The van der Waals surface area contributed by atoms with Gasteiger partial charge in [0.05, 0.1) is 5.56 Å². The summed E-state index contributed by atoms with van der Waals surface area (Å²) in [7, 11) is 1.53. The average Bonchev–Trinajstić information content (AvgIpc) is 2.33. The fourth-order valence-electron chi connectivity index (χ4n) is 1.27. The highest BCUT2D eigenvalue weighted by atomic mass is 19.4. The van der Waals surface area contributed by atoms with Crippen LogP contribution in [-0.4, -0.2) is 25.2 Å². The number of pyridine rings is 1. The summed E-state index contributed by atoms with van der Waals surface area (Å²) in [5.74, 6) is -0.0524. The SMILES string of the molecule is COCCCNc1nc(C(F)(F)F)ccc1C#N. The third-order valence-corrected chi connectivity index (χ3v) is 2.12. The van der Waals surface area contributed by atoms with Gasteiger partial charge >= 0.3 is 6.18 Å². The standard InChI is InChI=1S/C11H12F3N3O/c1-18-6-2-5-16-10-8(7-15)3-4-9(17-10)11(12,13)14/h3-4H,2,5-6H2,1H3,(H,16,17). The minimum Gasteiger partial charge on any atom is -0.385 e. The summed E-state index contributed by atoms with van der Waals surface area (Å²) in [5.41, 5.74) is -0.934. The van der Waals surface area contributed by atoms with E-state index < -0.39 is 11.9 Å². The molecule has 1 rings (SSSR count). The van der Waals surface area contributed by atoms with Crippen LogP contribution in [0.25, 0.3) is 0 Å². The Morgan fingerprint density at radius 3 is 2.72 bits per heavy atom. The van der Waals surface area contributed by atoms with Crippen molar-refractivity contribution >= 4 is 5.82 Å². The Hall–Kier alpha value is -1.81. The van der Waals surface area contributed by atoms with Crippen molar-refractivity contribution in [2.24, 2.45) is 0 Å². The van der Waals surface area contributed by atoms with Gasteiger partial charge < -0.3 is 10.1 Å². The van der Waals surface area contributed by atoms with Gasteiger partial charge in [0.2, 0.25) is 0 Å². The van der Waals surface area contributed by atoms with E-state index in [1.165, 1.54) is 7.11 Å². The molecule has 1 N–H and O–H groups in total. The van der Waals surface area contributed by atoms with E-state index in [9.17, 15) is 13.2 Å². The number of anilines is 1. The summed E-state index contributed by atoms with van der Waals surface area (Å²) in [4.78, 5) is 3.41. The number of ether oxygens (including phenoxy) is 1. The molecule has 0 bridgehead atoms. The fraction of sp³-hybridized carbons (Fsp3) is 0.455. The summed E-state index contributed by atoms with van der Waals surface area (Å²) in [5, 5.41) is 11.5. The Bertz CT molecular complexity index is 440. The highest BCUT2D eigenvalue weighted by Gasteiger charge is 2.33. The zero-order chi connectivity index (χ0) is 13.6. The molecule has 0 radical (unpaired) electrons. The van der Waals surface area contributed by atoms with E-state index in [1.807, 2.05) is 0 Å². The molecule has 98 valence electrons. The number of halogens is 3. The fourth-order valence-corrected chi connectivity index (χ4v) is 1.27. The van der Waals surface area contributed by atoms with Crippen LogP contribution in [0, 0.1) is 11.3 Å². The van der Waals surface area contributed by atoms with E-state index in [1.54, 1.807) is 6.07 Å². The van der Waals surface area contributed by atoms with E-state index in [2.05, 4.69) is 10.3 Å². The van der Waals surface area contributed by atoms with Gasteiger partial charge in [-0.15, -0.1) is 0 Å². The summed E-state index contributed by atoms with van der Waals surface area (Å²) in [6.07, 6.45) is -3.91. The smallest absolute Gasteiger partial charge is 0.385 e. The van der Waals surface area contributed by atoms with Gasteiger partial charge in [0.25, 0.3) is 0 Å². The predicted octanol–water partition coefficient (Wildman–Crippen LogP) is 2.42. The number of aromatic nitrogens is 1. The second-order valence-corrected chi connectivity index (χ2v) is 3.48. The lowest BCUT2D eigenvalue weighted by Gasteiger charge is -2.10. The Balaban J connectivity index is 2.83. The maximum atomic E-state index is 12.5. The Labute approximate surface area is 102 Å². The van der Waals surface area contributed by atoms with Crippen LogP contribution in [0.1, 0.15) is 17.7 Å². The Morgan fingerprint density at radius 1 is 1.44 bits per heavy atom. The molecule has 4 nitrogen and oxygen atoms in total. The highest BCUT2D eigenvalue weighted by molar-refractivity contribution is 5.52. The van der Waals surface area contributed by atoms with Crippen molar-refractivity contribution < 1.29 is 17.9 Å². The molecule has 0 fully saturated rings. The summed E-state index contributed by atoms with van der Waals surface area (Å²) in [6, 6.07) is 3.69. The number of rotatable bonds is 5. The van der Waals surface area contributed by atoms with Crippen molar-refractivity contribution in [2.45, 2.75) is 12.6 Å². The monoisotopic (exact) mass is 259 g/mol. The number of hydrogen-bond acceptors (Lipinski definition) is 4. The molecule has 0 aliphatic heterocycles. The summed E-state index contributed by atoms with van der Waals surface area (Å²) >= 11 is 0. The first-order valence-corrected chi connectivity index (χ1v) is 5.20. The van der Waals surface area contributed by atoms with Crippen LogP contribution >= 0.6 is 0 Å². The minimum atomic E-state index is -4.52. The van der Waals surface area contributed by atoms with Crippen molar-refractivity contribution in [1.82, 2.24) is 4.98 Å². The molecule has 0 atom stereocenters. The lowest BCUT2D eigenvalue weighted by molar-refractivity contribution is -0.141. The molecule has 18 heavy (non-hydrogen) atoms. The molecule has 7 heteroatoms. The van der Waals surface area contributed by atoms with E-state index in [0.29, 0.717) is 19.6 Å². The van der Waals surface area contributed by atoms with Crippen LogP contribution < -0.4 is 5.32 Å². The number of nitriles is 1. The molecule has 0 spiro atoms. The largest absolute Gasteiger partial charge is 0.433 e. The second-order valence-electron chi connectivity index (χ2n) is 3.48. The van der Waals surface area contributed by atoms with E-state index in [-0.39, 0.29) is 11.4 Å². The van der Waals surface area contributed by atoms with Crippen molar-refractivity contribution in [1.29, 1.82) is 5.26 Å². The van der Waals surface area contributed by atoms with Gasteiger partial charge in [-0.2, -0.15) is 18.4 Å². The van der Waals surface area contributed by atoms with Crippen molar-refractivity contribution in [3.8, 4) is 6.07 Å². The summed E-state index contributed by atoms with van der Waals surface area (Å²) < 4.78 is 42.2. The molecular weight excluding hydrogens is 247 g/mol. The first-order valence-electron chi connectivity index (χ1n) is 5.20. The van der Waals surface area contributed by atoms with Crippen molar-refractivity contribution in [3.05, 3.63) is 23.4 Å². The lowest BCUT2D eigenvalue weighted by Crippen LogP contribution is -2.13. The van der Waals surface area contributed by atoms with Crippen molar-refractivity contribution in [2.75, 3.05) is 25.6 Å². The topological polar surface area (TPSA) is 57.9 Å². The Kier molecular flexibility index (Phi) is 4.92. The molecule has 1 aromatic heterocycles. The van der Waals surface area contributed by atoms with Gasteiger partial charge in [0, 0.05) is 20.3 Å². The van der Waals surface area contributed by atoms with Gasteiger partial charge in [-0.05, 0) is 18.6 Å². The Morgan fingerprint density at radius 2 is 2.17 bits per heavy atom. The molecule has 0 unspecified atom stereocenters. The van der Waals surface area contributed by atoms with Crippen LogP contribution in [0.4, 0.5) is 19.0 Å². The number of nitrogens with zero attached hydrogens (tertiary/aromatic N) is 2. The van der Waals surface area contributed by atoms with Gasteiger partial charge in [0.15, 0.2) is 0 Å². The van der Waals surface area contributed by atoms with E-state index in [4.69, 9.17) is 10.00 Å². The highest BCUT2D eigenvalue weighted by Crippen LogP contribution is 2.29. The molecule has 1 heterocycles. The van der Waals surface area contributed by atoms with Crippen LogP contribution in [0.2, 0.25) is 0 Å². The lowest BCUT2D eigenvalue weighted by atomic mass is 10.2. The van der Waals surface area contributed by atoms with Crippen molar-refractivity contribution in [3.63, 3.8) is 0 Å². The zero-order valence-corrected chi connectivity index (χ0v) is 9.71. The first-order chi connectivity index (χ1) is 8.49. The normalized spacial score (nSPS) is 11.1. The maximum Gasteiger partial charge on any atom is 0.433 e. The number of alkyl halides is 3. The quantitative estimate of drug-likeness (QED) is 0.825. The van der Waals surface area contributed by atoms with Crippen LogP contribution in [0.5, 0.6) is 0 Å². The van der Waals surface area contributed by atoms with Gasteiger partial charge in [-0.25, -0.2) is 4.98 Å². The molecule has 0 aliphatic carbocycles. The second kappa shape index (κ2) is 6.21. The molecule has 0 aromatic carbocycles. The zero-order valence-electron chi connectivity index (χ0n) is 9.71. The predicted molar refractivity (Wildman–Crippen MR) is 58.9 cm³/mol. The minimum absolute atomic E-state index is 0.0524. The van der Waals surface area contributed by atoms with Crippen LogP contribution in [-0.2, 0) is 10.9 Å². The van der Waals surface area contributed by atoms with E-state index >= 15 is 0 Å². The van der Waals surface area contributed by atoms with Crippen LogP contribution in [0.15, 0.2) is 12.1 Å².